The highest BCUT2D eigenvalue weighted by Gasteiger charge is 2.11. The van der Waals surface area contributed by atoms with Crippen molar-refractivity contribution in [3.05, 3.63) is 64.8 Å². The highest BCUT2D eigenvalue weighted by molar-refractivity contribution is 9.10. The number of ketones is 1. The molecule has 0 spiro atoms. The van der Waals surface area contributed by atoms with Gasteiger partial charge in [0.25, 0.3) is 0 Å². The standard InChI is InChI=1S/C17H12BrNO2/c1-11(20)14-10-12(18)7-8-17(14)21-16-6-2-5-15-13(16)4-3-9-19-15/h2-10H,1H3. The van der Waals surface area contributed by atoms with Gasteiger partial charge in [0, 0.05) is 16.1 Å². The normalized spacial score (nSPS) is 10.6. The van der Waals surface area contributed by atoms with E-state index in [1.807, 2.05) is 36.4 Å². The molecule has 0 saturated carbocycles. The number of benzene rings is 2. The minimum absolute atomic E-state index is 0.0374. The Bertz CT molecular complexity index is 825. The second-order valence-electron chi connectivity index (χ2n) is 4.62. The van der Waals surface area contributed by atoms with Gasteiger partial charge in [-0.3, -0.25) is 9.78 Å². The van der Waals surface area contributed by atoms with Crippen LogP contribution in [-0.2, 0) is 0 Å². The Morgan fingerprint density at radius 1 is 1.10 bits per heavy atom. The van der Waals surface area contributed by atoms with E-state index >= 15 is 0 Å². The maximum atomic E-state index is 11.8. The lowest BCUT2D eigenvalue weighted by Crippen LogP contribution is -1.97. The molecule has 3 rings (SSSR count). The molecule has 0 aliphatic rings. The molecule has 1 heterocycles. The number of fused-ring (bicyclic) bond motifs is 1. The summed E-state index contributed by atoms with van der Waals surface area (Å²) in [7, 11) is 0. The van der Waals surface area contributed by atoms with Gasteiger partial charge in [-0.15, -0.1) is 0 Å². The highest BCUT2D eigenvalue weighted by Crippen LogP contribution is 2.32. The topological polar surface area (TPSA) is 39.2 Å². The first-order valence-electron chi connectivity index (χ1n) is 6.47. The van der Waals surface area contributed by atoms with Crippen molar-refractivity contribution in [1.82, 2.24) is 4.98 Å². The van der Waals surface area contributed by atoms with Crippen LogP contribution < -0.4 is 4.74 Å². The lowest BCUT2D eigenvalue weighted by molar-refractivity contribution is 0.101. The van der Waals surface area contributed by atoms with Crippen LogP contribution in [0.4, 0.5) is 0 Å². The summed E-state index contributed by atoms with van der Waals surface area (Å²) in [4.78, 5) is 16.1. The fourth-order valence-electron chi connectivity index (χ4n) is 2.15. The number of halogens is 1. The summed E-state index contributed by atoms with van der Waals surface area (Å²) in [5.41, 5.74) is 1.40. The molecule has 0 radical (unpaired) electrons. The molecule has 3 nitrogen and oxygen atoms in total. The van der Waals surface area contributed by atoms with E-state index in [-0.39, 0.29) is 5.78 Å². The predicted octanol–water partition coefficient (Wildman–Crippen LogP) is 4.99. The van der Waals surface area contributed by atoms with Crippen LogP contribution in [0.5, 0.6) is 11.5 Å². The van der Waals surface area contributed by atoms with Crippen molar-refractivity contribution in [1.29, 1.82) is 0 Å². The van der Waals surface area contributed by atoms with Crippen LogP contribution in [0.2, 0.25) is 0 Å². The van der Waals surface area contributed by atoms with Gasteiger partial charge in [-0.25, -0.2) is 0 Å². The van der Waals surface area contributed by atoms with Crippen molar-refractivity contribution in [3.63, 3.8) is 0 Å². The van der Waals surface area contributed by atoms with Gasteiger partial charge in [0.1, 0.15) is 11.5 Å². The Kier molecular flexibility index (Phi) is 3.71. The molecule has 3 aromatic rings. The molecule has 0 aliphatic heterocycles. The van der Waals surface area contributed by atoms with Crippen LogP contribution in [0.25, 0.3) is 10.9 Å². The zero-order chi connectivity index (χ0) is 14.8. The monoisotopic (exact) mass is 341 g/mol. The van der Waals surface area contributed by atoms with Crippen LogP contribution in [0, 0.1) is 0 Å². The third kappa shape index (κ3) is 2.81. The molecule has 0 atom stereocenters. The van der Waals surface area contributed by atoms with Crippen molar-refractivity contribution >= 4 is 32.6 Å². The van der Waals surface area contributed by atoms with Crippen LogP contribution in [0.15, 0.2) is 59.2 Å². The molecular weight excluding hydrogens is 330 g/mol. The summed E-state index contributed by atoms with van der Waals surface area (Å²) < 4.78 is 6.80. The number of hydrogen-bond acceptors (Lipinski definition) is 3. The number of aromatic nitrogens is 1. The Hall–Kier alpha value is -2.20. The SMILES string of the molecule is CC(=O)c1cc(Br)ccc1Oc1cccc2ncccc12. The molecular formula is C17H12BrNO2. The van der Waals surface area contributed by atoms with E-state index < -0.39 is 0 Å². The Balaban J connectivity index is 2.09. The van der Waals surface area contributed by atoms with E-state index in [1.165, 1.54) is 6.92 Å². The molecule has 104 valence electrons. The number of ether oxygens (including phenoxy) is 1. The lowest BCUT2D eigenvalue weighted by Gasteiger charge is -2.11. The van der Waals surface area contributed by atoms with Gasteiger partial charge in [0.2, 0.25) is 0 Å². The number of rotatable bonds is 3. The summed E-state index contributed by atoms with van der Waals surface area (Å²) in [5.74, 6) is 1.19. The highest BCUT2D eigenvalue weighted by atomic mass is 79.9. The van der Waals surface area contributed by atoms with Crippen LogP contribution in [0.1, 0.15) is 17.3 Å². The van der Waals surface area contributed by atoms with Crippen molar-refractivity contribution in [2.75, 3.05) is 0 Å². The molecule has 0 N–H and O–H groups in total. The zero-order valence-electron chi connectivity index (χ0n) is 11.3. The number of nitrogens with zero attached hydrogens (tertiary/aromatic N) is 1. The number of pyridine rings is 1. The number of hydrogen-bond donors (Lipinski definition) is 0. The fourth-order valence-corrected chi connectivity index (χ4v) is 2.51. The largest absolute Gasteiger partial charge is 0.456 e. The third-order valence-electron chi connectivity index (χ3n) is 3.15. The third-order valence-corrected chi connectivity index (χ3v) is 3.64. The van der Waals surface area contributed by atoms with Crippen LogP contribution >= 0.6 is 15.9 Å². The van der Waals surface area contributed by atoms with Crippen molar-refractivity contribution in [3.8, 4) is 11.5 Å². The van der Waals surface area contributed by atoms with E-state index in [0.29, 0.717) is 17.1 Å². The second-order valence-corrected chi connectivity index (χ2v) is 5.54. The summed E-state index contributed by atoms with van der Waals surface area (Å²) in [6, 6.07) is 14.9. The van der Waals surface area contributed by atoms with Crippen LogP contribution in [-0.4, -0.2) is 10.8 Å². The molecule has 2 aromatic carbocycles. The van der Waals surface area contributed by atoms with Gasteiger partial charge in [0.05, 0.1) is 11.1 Å². The molecule has 0 fully saturated rings. The maximum absolute atomic E-state index is 11.8. The second kappa shape index (κ2) is 5.66. The predicted molar refractivity (Wildman–Crippen MR) is 86.0 cm³/mol. The summed E-state index contributed by atoms with van der Waals surface area (Å²) in [5, 5.41) is 0.914. The maximum Gasteiger partial charge on any atom is 0.163 e. The first-order chi connectivity index (χ1) is 10.1. The van der Waals surface area contributed by atoms with Gasteiger partial charge >= 0.3 is 0 Å². The molecule has 0 amide bonds. The van der Waals surface area contributed by atoms with E-state index in [0.717, 1.165) is 15.4 Å². The van der Waals surface area contributed by atoms with Gasteiger partial charge < -0.3 is 4.74 Å². The molecule has 4 heteroatoms. The molecule has 21 heavy (non-hydrogen) atoms. The minimum atomic E-state index is -0.0374. The number of carbonyl (C=O) groups is 1. The van der Waals surface area contributed by atoms with Gasteiger partial charge in [-0.2, -0.15) is 0 Å². The lowest BCUT2D eigenvalue weighted by atomic mass is 10.1. The van der Waals surface area contributed by atoms with E-state index in [9.17, 15) is 4.79 Å². The molecule has 0 bridgehead atoms. The Morgan fingerprint density at radius 3 is 2.76 bits per heavy atom. The Morgan fingerprint density at radius 2 is 1.95 bits per heavy atom. The molecule has 1 aromatic heterocycles. The molecule has 0 aliphatic carbocycles. The van der Waals surface area contributed by atoms with E-state index in [2.05, 4.69) is 20.9 Å². The average molecular weight is 342 g/mol. The van der Waals surface area contributed by atoms with Gasteiger partial charge in [-0.05, 0) is 49.4 Å². The van der Waals surface area contributed by atoms with Gasteiger partial charge in [-0.1, -0.05) is 22.0 Å². The first kappa shape index (κ1) is 13.8. The van der Waals surface area contributed by atoms with Gasteiger partial charge in [0.15, 0.2) is 5.78 Å². The van der Waals surface area contributed by atoms with Crippen molar-refractivity contribution in [2.24, 2.45) is 0 Å². The molecule has 0 unspecified atom stereocenters. The summed E-state index contributed by atoms with van der Waals surface area (Å²) >= 11 is 3.37. The van der Waals surface area contributed by atoms with Crippen molar-refractivity contribution in [2.45, 2.75) is 6.92 Å². The Labute approximate surface area is 130 Å². The van der Waals surface area contributed by atoms with Crippen LogP contribution in [0.3, 0.4) is 0 Å². The average Bonchev–Trinajstić information content (AvgIpc) is 2.49. The fraction of sp³-hybridized carbons (Fsp3) is 0.0588. The minimum Gasteiger partial charge on any atom is -0.456 e. The first-order valence-corrected chi connectivity index (χ1v) is 7.26. The number of Topliss-reactive ketones (excluding diaryl/α,β-unsaturated/α-hetero) is 1. The summed E-state index contributed by atoms with van der Waals surface area (Å²) in [6.45, 7) is 1.53. The number of carbonyl (C=O) groups excluding carboxylic acids is 1. The quantitative estimate of drug-likeness (QED) is 0.630. The van der Waals surface area contributed by atoms with E-state index in [4.69, 9.17) is 4.74 Å². The zero-order valence-corrected chi connectivity index (χ0v) is 12.9. The van der Waals surface area contributed by atoms with Crippen molar-refractivity contribution < 1.29 is 9.53 Å². The van der Waals surface area contributed by atoms with E-state index in [1.54, 1.807) is 18.3 Å². The molecule has 0 saturated heterocycles. The summed E-state index contributed by atoms with van der Waals surface area (Å²) in [6.07, 6.45) is 1.74. The smallest absolute Gasteiger partial charge is 0.163 e.